The van der Waals surface area contributed by atoms with Gasteiger partial charge in [0.15, 0.2) is 5.03 Å². The van der Waals surface area contributed by atoms with Gasteiger partial charge in [0.1, 0.15) is 17.8 Å². The molecule has 5 N–H and O–H groups in total. The molecule has 0 spiro atoms. The molecule has 2 rings (SSSR count). The number of hydrogen-bond donors (Lipinski definition) is 4. The standard InChI is InChI=1S/C18H19N5O6/c19-17(22-23(27)28)20-14-8-6-12(7-9-14)10-15(16(24)25)21-18(26)29-11-13-4-2-1-3-5-13/h1-9,15H,10-11H2,(H,21,26)(H,24,25)(H3,19,20,22). The number of carboxylic acid groups (broad SMARTS) is 1. The van der Waals surface area contributed by atoms with E-state index in [-0.39, 0.29) is 13.0 Å². The molecule has 0 radical (unpaired) electrons. The maximum Gasteiger partial charge on any atom is 0.408 e. The number of rotatable bonds is 8. The molecule has 1 atom stereocenters. The van der Waals surface area contributed by atoms with Crippen molar-refractivity contribution >= 4 is 23.7 Å². The number of ether oxygens (including phenoxy) is 1. The average Bonchev–Trinajstić information content (AvgIpc) is 2.67. The highest BCUT2D eigenvalue weighted by molar-refractivity contribution is 5.91. The van der Waals surface area contributed by atoms with Crippen LogP contribution in [0.15, 0.2) is 59.7 Å². The molecule has 0 aliphatic heterocycles. The second kappa shape index (κ2) is 10.3. The molecule has 0 heterocycles. The van der Waals surface area contributed by atoms with E-state index in [1.807, 2.05) is 6.07 Å². The van der Waals surface area contributed by atoms with Gasteiger partial charge in [-0.25, -0.2) is 19.7 Å². The van der Waals surface area contributed by atoms with E-state index < -0.39 is 29.1 Å². The summed E-state index contributed by atoms with van der Waals surface area (Å²) in [5.41, 5.74) is 7.16. The smallest absolute Gasteiger partial charge is 0.408 e. The first kappa shape index (κ1) is 21.2. The predicted molar refractivity (Wildman–Crippen MR) is 104 cm³/mol. The van der Waals surface area contributed by atoms with Crippen molar-refractivity contribution in [1.29, 1.82) is 0 Å². The maximum absolute atomic E-state index is 11.9. The number of amides is 1. The third-order valence-corrected chi connectivity index (χ3v) is 3.66. The number of hydrazone groups is 1. The Morgan fingerprint density at radius 1 is 1.14 bits per heavy atom. The van der Waals surface area contributed by atoms with Crippen LogP contribution >= 0.6 is 0 Å². The third kappa shape index (κ3) is 7.54. The van der Waals surface area contributed by atoms with Crippen molar-refractivity contribution in [1.82, 2.24) is 5.32 Å². The monoisotopic (exact) mass is 401 g/mol. The summed E-state index contributed by atoms with van der Waals surface area (Å²) in [4.78, 5) is 33.6. The Kier molecular flexibility index (Phi) is 7.48. The number of aliphatic carboxylic acids is 1. The molecular weight excluding hydrogens is 382 g/mol. The summed E-state index contributed by atoms with van der Waals surface area (Å²) in [7, 11) is 0. The summed E-state index contributed by atoms with van der Waals surface area (Å²) >= 11 is 0. The lowest BCUT2D eigenvalue weighted by atomic mass is 10.1. The molecule has 0 aromatic heterocycles. The normalized spacial score (nSPS) is 11.9. The summed E-state index contributed by atoms with van der Waals surface area (Å²) in [5, 5.41) is 26.4. The molecule has 0 saturated heterocycles. The molecule has 2 aromatic carbocycles. The van der Waals surface area contributed by atoms with E-state index >= 15 is 0 Å². The van der Waals surface area contributed by atoms with Crippen molar-refractivity contribution in [3.05, 3.63) is 75.8 Å². The molecule has 0 bridgehead atoms. The first-order chi connectivity index (χ1) is 13.8. The maximum atomic E-state index is 11.9. The van der Waals surface area contributed by atoms with Crippen molar-refractivity contribution in [3.63, 3.8) is 0 Å². The average molecular weight is 401 g/mol. The van der Waals surface area contributed by atoms with Crippen molar-refractivity contribution in [2.24, 2.45) is 10.8 Å². The molecule has 0 aliphatic carbocycles. The van der Waals surface area contributed by atoms with E-state index in [2.05, 4.69) is 15.7 Å². The van der Waals surface area contributed by atoms with Crippen LogP contribution in [-0.2, 0) is 22.6 Å². The Morgan fingerprint density at radius 3 is 2.38 bits per heavy atom. The highest BCUT2D eigenvalue weighted by Crippen LogP contribution is 2.11. The summed E-state index contributed by atoms with van der Waals surface area (Å²) in [6.07, 6.45) is -0.836. The quantitative estimate of drug-likeness (QED) is 0.223. The summed E-state index contributed by atoms with van der Waals surface area (Å²) in [6.45, 7) is 0.0203. The van der Waals surface area contributed by atoms with Gasteiger partial charge in [0.25, 0.3) is 5.96 Å². The lowest BCUT2D eigenvalue weighted by Crippen LogP contribution is -2.42. The number of benzene rings is 2. The van der Waals surface area contributed by atoms with Crippen molar-refractivity contribution in [3.8, 4) is 0 Å². The number of nitrogens with two attached hydrogens (primary N) is 1. The fraction of sp³-hybridized carbons (Fsp3) is 0.167. The number of nitrogens with zero attached hydrogens (tertiary/aromatic N) is 2. The van der Waals surface area contributed by atoms with E-state index in [0.717, 1.165) is 5.56 Å². The van der Waals surface area contributed by atoms with Gasteiger partial charge < -0.3 is 26.2 Å². The number of guanidine groups is 1. The third-order valence-electron chi connectivity index (χ3n) is 3.66. The number of hydrogen-bond acceptors (Lipinski definition) is 5. The number of nitro groups is 1. The molecular formula is C18H19N5O6. The van der Waals surface area contributed by atoms with Crippen LogP contribution in [0.4, 0.5) is 10.5 Å². The van der Waals surface area contributed by atoms with Crippen LogP contribution in [0.1, 0.15) is 11.1 Å². The van der Waals surface area contributed by atoms with Crippen LogP contribution in [-0.4, -0.2) is 34.2 Å². The fourth-order valence-electron chi connectivity index (χ4n) is 2.33. The van der Waals surface area contributed by atoms with Crippen LogP contribution in [0, 0.1) is 10.1 Å². The Bertz CT molecular complexity index is 885. The first-order valence-electron chi connectivity index (χ1n) is 8.38. The molecule has 29 heavy (non-hydrogen) atoms. The molecule has 11 nitrogen and oxygen atoms in total. The number of alkyl carbamates (subject to hydrolysis) is 1. The highest BCUT2D eigenvalue weighted by Gasteiger charge is 2.21. The van der Waals surface area contributed by atoms with Gasteiger partial charge in [-0.05, 0) is 23.3 Å². The largest absolute Gasteiger partial charge is 0.480 e. The Hall–Kier alpha value is -4.15. The minimum Gasteiger partial charge on any atom is -0.480 e. The molecule has 1 unspecified atom stereocenters. The molecule has 2 aromatic rings. The van der Waals surface area contributed by atoms with Crippen LogP contribution in [0.5, 0.6) is 0 Å². The number of anilines is 1. The second-order valence-electron chi connectivity index (χ2n) is 5.85. The summed E-state index contributed by atoms with van der Waals surface area (Å²) < 4.78 is 5.04. The Labute approximate surface area is 165 Å². The second-order valence-corrected chi connectivity index (χ2v) is 5.85. The summed E-state index contributed by atoms with van der Waals surface area (Å²) in [5.74, 6) is -1.61. The number of carbonyl (C=O) groups excluding carboxylic acids is 1. The van der Waals surface area contributed by atoms with Gasteiger partial charge in [0, 0.05) is 12.1 Å². The van der Waals surface area contributed by atoms with E-state index in [1.54, 1.807) is 48.5 Å². The minimum atomic E-state index is -1.22. The lowest BCUT2D eigenvalue weighted by Gasteiger charge is -2.15. The molecule has 0 fully saturated rings. The Balaban J connectivity index is 1.91. The molecule has 1 amide bonds. The SMILES string of the molecule is NC(=N[N+](=O)[O-])Nc1ccc(CC(NC(=O)OCc2ccccc2)C(=O)O)cc1. The van der Waals surface area contributed by atoms with E-state index in [4.69, 9.17) is 10.5 Å². The summed E-state index contributed by atoms with van der Waals surface area (Å²) in [6, 6.07) is 14.1. The first-order valence-corrected chi connectivity index (χ1v) is 8.38. The van der Waals surface area contributed by atoms with Gasteiger partial charge in [-0.15, -0.1) is 0 Å². The predicted octanol–water partition coefficient (Wildman–Crippen LogP) is 1.53. The van der Waals surface area contributed by atoms with Crippen LogP contribution in [0.2, 0.25) is 0 Å². The van der Waals surface area contributed by atoms with Crippen LogP contribution in [0.3, 0.4) is 0 Å². The van der Waals surface area contributed by atoms with Gasteiger partial charge in [-0.2, -0.15) is 0 Å². The van der Waals surface area contributed by atoms with Crippen LogP contribution < -0.4 is 16.4 Å². The minimum absolute atomic E-state index is 0.00845. The van der Waals surface area contributed by atoms with E-state index in [9.17, 15) is 24.8 Å². The molecule has 0 aliphatic rings. The van der Waals surface area contributed by atoms with E-state index in [0.29, 0.717) is 11.3 Å². The topological polar surface area (TPSA) is 169 Å². The fourth-order valence-corrected chi connectivity index (χ4v) is 2.33. The van der Waals surface area contributed by atoms with Gasteiger partial charge >= 0.3 is 12.1 Å². The zero-order chi connectivity index (χ0) is 21.2. The van der Waals surface area contributed by atoms with Gasteiger partial charge in [-0.1, -0.05) is 42.5 Å². The van der Waals surface area contributed by atoms with Crippen molar-refractivity contribution < 1.29 is 24.5 Å². The molecule has 0 saturated carbocycles. The van der Waals surface area contributed by atoms with Gasteiger partial charge in [0.05, 0.1) is 0 Å². The Morgan fingerprint density at radius 2 is 1.79 bits per heavy atom. The number of nitrogens with one attached hydrogen (secondary N) is 2. The van der Waals surface area contributed by atoms with Crippen LogP contribution in [0.25, 0.3) is 0 Å². The van der Waals surface area contributed by atoms with Crippen molar-refractivity contribution in [2.75, 3.05) is 5.32 Å². The van der Waals surface area contributed by atoms with Crippen molar-refractivity contribution in [2.45, 2.75) is 19.1 Å². The zero-order valence-corrected chi connectivity index (χ0v) is 15.1. The molecule has 152 valence electrons. The molecule has 11 heteroatoms. The van der Waals surface area contributed by atoms with Gasteiger partial charge in [-0.3, -0.25) is 0 Å². The zero-order valence-electron chi connectivity index (χ0n) is 15.1. The highest BCUT2D eigenvalue weighted by atomic mass is 16.7. The van der Waals surface area contributed by atoms with E-state index in [1.165, 1.54) is 0 Å². The number of carbonyl (C=O) groups is 2. The number of carboxylic acids is 1. The van der Waals surface area contributed by atoms with Gasteiger partial charge in [0.2, 0.25) is 0 Å². The lowest BCUT2D eigenvalue weighted by molar-refractivity contribution is -0.485.